The minimum Gasteiger partial charge on any atom is -0.481 e. The molecule has 0 bridgehead atoms. The molecule has 1 aliphatic rings. The highest BCUT2D eigenvalue weighted by molar-refractivity contribution is 6.39. The predicted octanol–water partition coefficient (Wildman–Crippen LogP) is 5.82. The fourth-order valence-corrected chi connectivity index (χ4v) is 5.49. The van der Waals surface area contributed by atoms with Gasteiger partial charge in [-0.25, -0.2) is 0 Å². The van der Waals surface area contributed by atoms with Crippen molar-refractivity contribution in [3.8, 4) is 6.07 Å². The van der Waals surface area contributed by atoms with Crippen molar-refractivity contribution in [1.29, 1.82) is 5.26 Å². The van der Waals surface area contributed by atoms with Crippen LogP contribution in [0.2, 0.25) is 10.0 Å². The van der Waals surface area contributed by atoms with E-state index < -0.39 is 53.6 Å². The lowest BCUT2D eigenvalue weighted by Gasteiger charge is -2.28. The molecule has 0 radical (unpaired) electrons. The van der Waals surface area contributed by atoms with Crippen LogP contribution in [0.3, 0.4) is 0 Å². The van der Waals surface area contributed by atoms with Crippen LogP contribution in [0.1, 0.15) is 69.3 Å². The third kappa shape index (κ3) is 6.52. The van der Waals surface area contributed by atoms with Crippen molar-refractivity contribution in [3.05, 3.63) is 80.8 Å². The number of Topliss-reactive ketones (excluding diaryl/α,β-unsaturated/α-hetero) is 1. The summed E-state index contributed by atoms with van der Waals surface area (Å²) in [7, 11) is 0. The van der Waals surface area contributed by atoms with E-state index in [4.69, 9.17) is 23.2 Å². The first kappa shape index (κ1) is 30.0. The van der Waals surface area contributed by atoms with E-state index in [-0.39, 0.29) is 53.4 Å². The summed E-state index contributed by atoms with van der Waals surface area (Å²) in [4.78, 5) is 43.0. The Bertz CT molecular complexity index is 1510. The Morgan fingerprint density at radius 2 is 1.71 bits per heavy atom. The number of aliphatic carboxylic acids is 1. The van der Waals surface area contributed by atoms with Crippen LogP contribution in [-0.2, 0) is 17.5 Å². The molecule has 9 nitrogen and oxygen atoms in total. The first-order valence-corrected chi connectivity index (χ1v) is 13.1. The molecule has 41 heavy (non-hydrogen) atoms. The van der Waals surface area contributed by atoms with E-state index in [0.717, 1.165) is 15.8 Å². The summed E-state index contributed by atoms with van der Waals surface area (Å²) in [5.74, 6) is -3.57. The zero-order valence-electron chi connectivity index (χ0n) is 21.2. The average Bonchev–Trinajstić information content (AvgIpc) is 3.39. The van der Waals surface area contributed by atoms with E-state index in [1.54, 1.807) is 12.1 Å². The molecule has 0 aliphatic heterocycles. The Morgan fingerprint density at radius 1 is 1.07 bits per heavy atom. The number of nitrogens with zero attached hydrogens (tertiary/aromatic N) is 5. The molecule has 1 amide bonds. The molecule has 0 saturated heterocycles. The van der Waals surface area contributed by atoms with E-state index in [2.05, 4.69) is 10.1 Å². The number of pyridine rings is 1. The van der Waals surface area contributed by atoms with Gasteiger partial charge in [0.15, 0.2) is 11.5 Å². The molecule has 3 aromatic rings. The number of halogens is 5. The second-order valence-electron chi connectivity index (χ2n) is 9.52. The van der Waals surface area contributed by atoms with Crippen molar-refractivity contribution in [2.45, 2.75) is 44.4 Å². The average molecular weight is 608 g/mol. The van der Waals surface area contributed by atoms with Crippen LogP contribution in [0.5, 0.6) is 0 Å². The highest BCUT2D eigenvalue weighted by Crippen LogP contribution is 2.39. The Hall–Kier alpha value is -3.95. The number of benzene rings is 1. The van der Waals surface area contributed by atoms with Crippen molar-refractivity contribution < 1.29 is 32.7 Å². The van der Waals surface area contributed by atoms with Crippen LogP contribution in [-0.4, -0.2) is 49.0 Å². The minimum atomic E-state index is -5.00. The fourth-order valence-electron chi connectivity index (χ4n) is 4.92. The van der Waals surface area contributed by atoms with Gasteiger partial charge in [-0.05, 0) is 37.3 Å². The zero-order valence-corrected chi connectivity index (χ0v) is 22.7. The van der Waals surface area contributed by atoms with Crippen molar-refractivity contribution in [2.24, 2.45) is 5.92 Å². The number of amides is 1. The van der Waals surface area contributed by atoms with Crippen LogP contribution in [0.15, 0.2) is 42.9 Å². The maximum atomic E-state index is 14.4. The minimum absolute atomic E-state index is 0.104. The number of hydrogen-bond acceptors (Lipinski definition) is 6. The number of aromatic nitrogens is 3. The third-order valence-corrected chi connectivity index (χ3v) is 7.51. The number of nitriles is 1. The summed E-state index contributed by atoms with van der Waals surface area (Å²) in [5, 5.41) is 22.4. The van der Waals surface area contributed by atoms with Gasteiger partial charge in [0.25, 0.3) is 5.91 Å². The van der Waals surface area contributed by atoms with Crippen molar-refractivity contribution in [3.63, 3.8) is 0 Å². The lowest BCUT2D eigenvalue weighted by atomic mass is 9.86. The molecule has 0 atom stereocenters. The summed E-state index contributed by atoms with van der Waals surface area (Å²) >= 11 is 12.2. The highest BCUT2D eigenvalue weighted by atomic mass is 35.5. The highest BCUT2D eigenvalue weighted by Gasteiger charge is 2.43. The standard InChI is InChI=1S/C27H22Cl2F3N5O4/c28-20-11-34-12-21(29)23(20)22(38)14-36(13-17-4-2-1-3-16(17)9-33)25(39)19-10-35-37(24(19)27(30,31)32)18-7-5-15(6-8-18)26(40)41/h1-4,10-12,15,18H,5-8,13-14H2,(H,40,41)/t15-,18-. The monoisotopic (exact) mass is 607 g/mol. The van der Waals surface area contributed by atoms with E-state index >= 15 is 0 Å². The molecule has 1 fully saturated rings. The molecule has 1 aromatic carbocycles. The quantitative estimate of drug-likeness (QED) is 0.319. The van der Waals surface area contributed by atoms with Crippen molar-refractivity contribution in [1.82, 2.24) is 19.7 Å². The van der Waals surface area contributed by atoms with Crippen molar-refractivity contribution in [2.75, 3.05) is 6.54 Å². The zero-order chi connectivity index (χ0) is 29.9. The smallest absolute Gasteiger partial charge is 0.433 e. The molecule has 1 aliphatic carbocycles. The topological polar surface area (TPSA) is 129 Å². The van der Waals surface area contributed by atoms with Gasteiger partial charge in [0.1, 0.15) is 0 Å². The number of alkyl halides is 3. The molecule has 14 heteroatoms. The summed E-state index contributed by atoms with van der Waals surface area (Å²) in [6.07, 6.45) is -1.26. The Labute approximate surface area is 242 Å². The Balaban J connectivity index is 1.74. The molecular formula is C27H22Cl2F3N5O4. The van der Waals surface area contributed by atoms with Gasteiger partial charge in [0, 0.05) is 18.9 Å². The van der Waals surface area contributed by atoms with Crippen LogP contribution in [0.4, 0.5) is 13.2 Å². The van der Waals surface area contributed by atoms with Gasteiger partial charge >= 0.3 is 12.1 Å². The Morgan fingerprint density at radius 3 is 2.29 bits per heavy atom. The molecule has 1 N–H and O–H groups in total. The maximum absolute atomic E-state index is 14.4. The Kier molecular flexibility index (Phi) is 8.99. The molecule has 0 spiro atoms. The van der Waals surface area contributed by atoms with E-state index in [0.29, 0.717) is 5.56 Å². The summed E-state index contributed by atoms with van der Waals surface area (Å²) in [5.41, 5.74) is -1.77. The first-order valence-electron chi connectivity index (χ1n) is 12.4. The number of carboxylic acid groups (broad SMARTS) is 1. The van der Waals surface area contributed by atoms with Crippen LogP contribution in [0, 0.1) is 17.2 Å². The number of carbonyl (C=O) groups is 3. The fraction of sp³-hybridized carbons (Fsp3) is 0.333. The normalized spacial score (nSPS) is 17.1. The van der Waals surface area contributed by atoms with Gasteiger partial charge in [-0.15, -0.1) is 0 Å². The largest absolute Gasteiger partial charge is 0.481 e. The number of rotatable bonds is 8. The van der Waals surface area contributed by atoms with Crippen molar-refractivity contribution >= 4 is 40.9 Å². The van der Waals surface area contributed by atoms with Gasteiger partial charge in [0.2, 0.25) is 0 Å². The van der Waals surface area contributed by atoms with Crippen LogP contribution >= 0.6 is 23.2 Å². The second-order valence-corrected chi connectivity index (χ2v) is 10.3. The van der Waals surface area contributed by atoms with Gasteiger partial charge < -0.3 is 10.0 Å². The summed E-state index contributed by atoms with van der Waals surface area (Å²) in [6, 6.07) is 7.36. The first-order chi connectivity index (χ1) is 19.4. The second kappa shape index (κ2) is 12.3. The molecule has 2 heterocycles. The lowest BCUT2D eigenvalue weighted by molar-refractivity contribution is -0.147. The van der Waals surface area contributed by atoms with Crippen LogP contribution < -0.4 is 0 Å². The SMILES string of the molecule is N#Cc1ccccc1CN(CC(=O)c1c(Cl)cncc1Cl)C(=O)c1cnn([C@H]2CC[C@H](C(=O)O)CC2)c1C(F)(F)F. The predicted molar refractivity (Wildman–Crippen MR) is 140 cm³/mol. The summed E-state index contributed by atoms with van der Waals surface area (Å²) in [6.45, 7) is -1.09. The van der Waals surface area contributed by atoms with E-state index in [1.807, 2.05) is 6.07 Å². The molecule has 214 valence electrons. The summed E-state index contributed by atoms with van der Waals surface area (Å²) < 4.78 is 44.0. The number of carbonyl (C=O) groups excluding carboxylic acids is 2. The van der Waals surface area contributed by atoms with Gasteiger partial charge in [-0.3, -0.25) is 24.0 Å². The number of ketones is 1. The molecule has 0 unspecified atom stereocenters. The molecule has 1 saturated carbocycles. The molecule has 4 rings (SSSR count). The van der Waals surface area contributed by atoms with Gasteiger partial charge in [-0.2, -0.15) is 23.5 Å². The van der Waals surface area contributed by atoms with E-state index in [9.17, 15) is 37.9 Å². The van der Waals surface area contributed by atoms with Gasteiger partial charge in [-0.1, -0.05) is 41.4 Å². The van der Waals surface area contributed by atoms with Crippen LogP contribution in [0.25, 0.3) is 0 Å². The third-order valence-electron chi connectivity index (χ3n) is 6.94. The molecule has 2 aromatic heterocycles. The number of hydrogen-bond donors (Lipinski definition) is 1. The maximum Gasteiger partial charge on any atom is 0.433 e. The van der Waals surface area contributed by atoms with Gasteiger partial charge in [0.05, 0.1) is 57.5 Å². The van der Waals surface area contributed by atoms with E-state index in [1.165, 1.54) is 24.5 Å². The number of carboxylic acids is 1. The molecular weight excluding hydrogens is 586 g/mol. The lowest BCUT2D eigenvalue weighted by Crippen LogP contribution is -2.37.